The van der Waals surface area contributed by atoms with Gasteiger partial charge in [-0.2, -0.15) is 0 Å². The molecule has 0 amide bonds. The van der Waals surface area contributed by atoms with Crippen LogP contribution >= 0.6 is 0 Å². The molecular weight excluding hydrogens is 122 g/mol. The van der Waals surface area contributed by atoms with E-state index in [9.17, 15) is 18.7 Å². The molecule has 5 heteroatoms. The molecule has 0 saturated heterocycles. The molecule has 0 rings (SSSR count). The van der Waals surface area contributed by atoms with Gasteiger partial charge in [0.25, 0.3) is 5.55 Å². The number of alkyl halides is 2. The van der Waals surface area contributed by atoms with E-state index in [1.165, 1.54) is 0 Å². The lowest BCUT2D eigenvalue weighted by Gasteiger charge is -2.08. The highest BCUT2D eigenvalue weighted by Gasteiger charge is 2.21. The molecule has 2 nitrogen and oxygen atoms in total. The first kappa shape index (κ1) is 6.55. The molecule has 0 saturated carbocycles. The van der Waals surface area contributed by atoms with E-state index in [1.54, 1.807) is 0 Å². The van der Waals surface area contributed by atoms with Gasteiger partial charge in [0.1, 0.15) is 5.97 Å². The van der Waals surface area contributed by atoms with Crippen molar-refractivity contribution >= 4 is 16.2 Å². The SMILES string of the molecule is O=C([O-])C(F)(F)[SiH3]. The fourth-order valence-corrected chi connectivity index (χ4v) is 0. The molecule has 42 valence electrons. The summed E-state index contributed by atoms with van der Waals surface area (Å²) in [5.74, 6) is -2.28. The lowest BCUT2D eigenvalue weighted by molar-refractivity contribution is -0.321. The number of hydrogen-bond acceptors (Lipinski definition) is 2. The third-order valence-electron chi connectivity index (χ3n) is 0.358. The van der Waals surface area contributed by atoms with Gasteiger partial charge in [0.05, 0.1) is 10.2 Å². The van der Waals surface area contributed by atoms with Crippen LogP contribution in [0.5, 0.6) is 0 Å². The Bertz CT molecular complexity index is 86.2. The van der Waals surface area contributed by atoms with E-state index in [1.807, 2.05) is 0 Å². The van der Waals surface area contributed by atoms with Crippen molar-refractivity contribution in [3.05, 3.63) is 0 Å². The van der Waals surface area contributed by atoms with Crippen LogP contribution < -0.4 is 5.11 Å². The first-order chi connectivity index (χ1) is 2.94. The fraction of sp³-hybridized carbons (Fsp3) is 0.500. The van der Waals surface area contributed by atoms with Crippen LogP contribution in [0.25, 0.3) is 0 Å². The number of hydrogen-bond donors (Lipinski definition) is 0. The molecule has 0 aliphatic heterocycles. The van der Waals surface area contributed by atoms with E-state index in [0.717, 1.165) is 0 Å². The zero-order chi connectivity index (χ0) is 6.08. The molecule has 0 N–H and O–H groups in total. The summed E-state index contributed by atoms with van der Waals surface area (Å²) in [7, 11) is -0.683. The third-order valence-corrected chi connectivity index (χ3v) is 0.767. The minimum absolute atomic E-state index is 0.683. The Morgan fingerprint density at radius 2 is 1.86 bits per heavy atom. The van der Waals surface area contributed by atoms with Crippen LogP contribution in [-0.4, -0.2) is 21.8 Å². The maximum Gasteiger partial charge on any atom is 0.257 e. The lowest BCUT2D eigenvalue weighted by atomic mass is 10.7. The number of carboxylic acid groups (broad SMARTS) is 1. The van der Waals surface area contributed by atoms with Gasteiger partial charge in [0.15, 0.2) is 0 Å². The van der Waals surface area contributed by atoms with Gasteiger partial charge in [-0.05, 0) is 0 Å². The van der Waals surface area contributed by atoms with Gasteiger partial charge in [0.2, 0.25) is 0 Å². The number of carbonyl (C=O) groups excluding carboxylic acids is 1. The molecule has 7 heavy (non-hydrogen) atoms. The molecule has 0 aliphatic rings. The Kier molecular flexibility index (Phi) is 1.47. The van der Waals surface area contributed by atoms with Crippen molar-refractivity contribution in [3.8, 4) is 0 Å². The van der Waals surface area contributed by atoms with Gasteiger partial charge in [0, 0.05) is 0 Å². The largest absolute Gasteiger partial charge is 0.544 e. The second kappa shape index (κ2) is 1.57. The van der Waals surface area contributed by atoms with Crippen molar-refractivity contribution in [3.63, 3.8) is 0 Å². The topological polar surface area (TPSA) is 40.1 Å². The minimum atomic E-state index is -3.56. The fourth-order valence-electron chi connectivity index (χ4n) is 0. The van der Waals surface area contributed by atoms with Crippen LogP contribution in [0.2, 0.25) is 0 Å². The minimum Gasteiger partial charge on any atom is -0.544 e. The normalized spacial score (nSPS) is 11.7. The molecule has 0 spiro atoms. The Hall–Kier alpha value is -0.453. The summed E-state index contributed by atoms with van der Waals surface area (Å²) in [5.41, 5.74) is -3.56. The molecule has 0 bridgehead atoms. The maximum atomic E-state index is 11.2. The maximum absolute atomic E-state index is 11.2. The quantitative estimate of drug-likeness (QED) is 0.369. The van der Waals surface area contributed by atoms with Crippen molar-refractivity contribution in [1.82, 2.24) is 0 Å². The van der Waals surface area contributed by atoms with Crippen LogP contribution in [0.15, 0.2) is 0 Å². The number of aliphatic carboxylic acids is 1. The molecule has 0 aromatic carbocycles. The number of carbonyl (C=O) groups is 1. The number of rotatable bonds is 1. The average molecular weight is 125 g/mol. The van der Waals surface area contributed by atoms with Gasteiger partial charge < -0.3 is 9.90 Å². The monoisotopic (exact) mass is 125 g/mol. The van der Waals surface area contributed by atoms with Crippen LogP contribution in [0, 0.1) is 0 Å². The van der Waals surface area contributed by atoms with E-state index in [2.05, 4.69) is 0 Å². The predicted molar refractivity (Wildman–Crippen MR) is 19.9 cm³/mol. The molecule has 0 aromatic rings. The van der Waals surface area contributed by atoms with Crippen LogP contribution in [-0.2, 0) is 4.79 Å². The first-order valence-electron chi connectivity index (χ1n) is 1.54. The molecule has 0 heterocycles. The molecule has 0 aliphatic carbocycles. The predicted octanol–water partition coefficient (Wildman–Crippen LogP) is -2.31. The molecule has 0 atom stereocenters. The van der Waals surface area contributed by atoms with Crippen LogP contribution in [0.3, 0.4) is 0 Å². The molecule has 0 fully saturated rings. The van der Waals surface area contributed by atoms with Crippen LogP contribution in [0.1, 0.15) is 0 Å². The van der Waals surface area contributed by atoms with E-state index in [0.29, 0.717) is 0 Å². The van der Waals surface area contributed by atoms with Gasteiger partial charge in [-0.3, -0.25) is 0 Å². The highest BCUT2D eigenvalue weighted by Crippen LogP contribution is 2.03. The Balaban J connectivity index is 3.79. The molecular formula is C2H3F2O2Si-. The first-order valence-corrected chi connectivity index (χ1v) is 2.54. The standard InChI is InChI=1S/C2H4F2O2Si/c3-2(4,7)1(5)6/h7H3,(H,5,6)/p-1. The number of carboxylic acids is 1. The summed E-state index contributed by atoms with van der Waals surface area (Å²) in [6, 6.07) is 0. The third kappa shape index (κ3) is 2.27. The highest BCUT2D eigenvalue weighted by atomic mass is 28.1. The molecule has 0 aromatic heterocycles. The van der Waals surface area contributed by atoms with Crippen molar-refractivity contribution < 1.29 is 18.7 Å². The van der Waals surface area contributed by atoms with Gasteiger partial charge in [-0.1, -0.05) is 0 Å². The highest BCUT2D eigenvalue weighted by molar-refractivity contribution is 6.23. The molecule has 0 unspecified atom stereocenters. The smallest absolute Gasteiger partial charge is 0.257 e. The summed E-state index contributed by atoms with van der Waals surface area (Å²) < 4.78 is 22.5. The second-order valence-corrected chi connectivity index (χ2v) is 2.43. The second-order valence-electron chi connectivity index (χ2n) is 1.18. The average Bonchev–Trinajstić information content (AvgIpc) is 1.31. The lowest BCUT2D eigenvalue weighted by Crippen LogP contribution is -2.41. The summed E-state index contributed by atoms with van der Waals surface area (Å²) in [6.07, 6.45) is 0. The number of halogens is 2. The van der Waals surface area contributed by atoms with Crippen molar-refractivity contribution in [1.29, 1.82) is 0 Å². The Morgan fingerprint density at radius 1 is 1.71 bits per heavy atom. The van der Waals surface area contributed by atoms with Crippen molar-refractivity contribution in [2.45, 2.75) is 5.55 Å². The van der Waals surface area contributed by atoms with E-state index < -0.39 is 21.8 Å². The van der Waals surface area contributed by atoms with Gasteiger partial charge in [-0.25, -0.2) is 8.78 Å². The van der Waals surface area contributed by atoms with Crippen molar-refractivity contribution in [2.75, 3.05) is 0 Å². The van der Waals surface area contributed by atoms with E-state index >= 15 is 0 Å². The summed E-state index contributed by atoms with van der Waals surface area (Å²) >= 11 is 0. The summed E-state index contributed by atoms with van der Waals surface area (Å²) in [4.78, 5) is 9.19. The van der Waals surface area contributed by atoms with Gasteiger partial charge in [-0.15, -0.1) is 0 Å². The Morgan fingerprint density at radius 3 is 1.86 bits per heavy atom. The van der Waals surface area contributed by atoms with Gasteiger partial charge >= 0.3 is 0 Å². The zero-order valence-corrected chi connectivity index (χ0v) is 5.57. The zero-order valence-electron chi connectivity index (χ0n) is 3.57. The van der Waals surface area contributed by atoms with Crippen molar-refractivity contribution in [2.24, 2.45) is 0 Å². The van der Waals surface area contributed by atoms with E-state index in [4.69, 9.17) is 0 Å². The van der Waals surface area contributed by atoms with Crippen LogP contribution in [0.4, 0.5) is 8.78 Å². The Labute approximate surface area is 41.6 Å². The summed E-state index contributed by atoms with van der Waals surface area (Å²) in [5, 5.41) is 9.19. The summed E-state index contributed by atoms with van der Waals surface area (Å²) in [6.45, 7) is 0. The molecule has 0 radical (unpaired) electrons. The van der Waals surface area contributed by atoms with E-state index in [-0.39, 0.29) is 0 Å².